The Bertz CT molecular complexity index is 2010. The number of rotatable bonds is 13. The number of likely N-dealkylation sites (tertiary alicyclic amines) is 1. The summed E-state index contributed by atoms with van der Waals surface area (Å²) in [5.41, 5.74) is 11.7. The highest BCUT2D eigenvalue weighted by molar-refractivity contribution is 6.23. The summed E-state index contributed by atoms with van der Waals surface area (Å²) in [6.45, 7) is 9.72. The average molecular weight is 750 g/mol. The number of aromatic hydroxyl groups is 1. The first kappa shape index (κ1) is 40.3. The number of carboxylic acids is 1. The first-order valence-electron chi connectivity index (χ1n) is 16.7. The van der Waals surface area contributed by atoms with Crippen LogP contribution in [0.3, 0.4) is 0 Å². The lowest BCUT2D eigenvalue weighted by molar-refractivity contribution is -0.145. The van der Waals surface area contributed by atoms with Crippen molar-refractivity contribution in [1.82, 2.24) is 20.5 Å². The second kappa shape index (κ2) is 16.4. The maximum Gasteiger partial charge on any atom is 0.352 e. The Kier molecular flexibility index (Phi) is 12.5. The summed E-state index contributed by atoms with van der Waals surface area (Å²) >= 11 is 6.68. The predicted octanol–water partition coefficient (Wildman–Crippen LogP) is 2.22. The number of aliphatic hydroxyl groups excluding tert-OH is 1. The summed E-state index contributed by atoms with van der Waals surface area (Å²) in [6.07, 6.45) is 0.222. The van der Waals surface area contributed by atoms with E-state index in [-0.39, 0.29) is 35.8 Å². The number of carbonyl (C=O) groups is 4. The number of amides is 3. The van der Waals surface area contributed by atoms with Crippen LogP contribution in [-0.2, 0) is 14.4 Å². The van der Waals surface area contributed by atoms with Crippen LogP contribution in [0.1, 0.15) is 56.5 Å². The first-order valence-corrected chi connectivity index (χ1v) is 17.1. The summed E-state index contributed by atoms with van der Waals surface area (Å²) in [7, 11) is 0. The fourth-order valence-electron chi connectivity index (χ4n) is 6.16. The Morgan fingerprint density at radius 2 is 1.85 bits per heavy atom. The van der Waals surface area contributed by atoms with Gasteiger partial charge in [0.1, 0.15) is 23.5 Å². The van der Waals surface area contributed by atoms with Crippen molar-refractivity contribution < 1.29 is 39.6 Å². The van der Waals surface area contributed by atoms with Gasteiger partial charge in [0.2, 0.25) is 11.8 Å². The van der Waals surface area contributed by atoms with Crippen LogP contribution in [0, 0.1) is 0 Å². The summed E-state index contributed by atoms with van der Waals surface area (Å²) in [5, 5.41) is 47.0. The van der Waals surface area contributed by atoms with Crippen LogP contribution in [0.4, 0.5) is 0 Å². The van der Waals surface area contributed by atoms with Gasteiger partial charge in [0, 0.05) is 40.4 Å². The molecule has 2 heterocycles. The van der Waals surface area contributed by atoms with Gasteiger partial charge in [-0.2, -0.15) is 0 Å². The van der Waals surface area contributed by atoms with Gasteiger partial charge < -0.3 is 47.4 Å². The molecule has 1 saturated heterocycles. The number of hydrogen-bond donors (Lipinski definition) is 8. The third kappa shape index (κ3) is 8.76. The van der Waals surface area contributed by atoms with Gasteiger partial charge in [-0.3, -0.25) is 24.4 Å². The lowest BCUT2D eigenvalue weighted by Crippen LogP contribution is -2.61. The van der Waals surface area contributed by atoms with E-state index < -0.39 is 65.1 Å². The van der Waals surface area contributed by atoms with Gasteiger partial charge in [0.05, 0.1) is 29.1 Å². The number of halogens is 1. The molecule has 0 spiro atoms. The lowest BCUT2D eigenvalue weighted by atomic mass is 9.91. The standard InChI is InChI=1S/C37H44ClN7O8/c1-6-19(4)29(35(51)52)43-33(49)31-37(5,53)13-14-45(31)34(50)30(28(38)26(47)17-42-36(39)40)44-32(48)20-11-12-25(46)22(15-20)27-21-9-7-8-10-24(21)41-16-23(27)18(2)3/h7-12,15-16,26,28,30-31,46-47,53H,2,6,13-14,17H2,1,3-5H3,(H,43,49)(H,44,48)(H,51,52)(H4,39,40,42)/b29-19+/t26-,28-,30+,31+,37+/m0/s1. The largest absolute Gasteiger partial charge is 0.507 e. The van der Waals surface area contributed by atoms with E-state index in [1.807, 2.05) is 12.1 Å². The zero-order valence-corrected chi connectivity index (χ0v) is 30.5. The summed E-state index contributed by atoms with van der Waals surface area (Å²) in [5.74, 6) is -4.73. The number of fused-ring (bicyclic) bond motifs is 1. The van der Waals surface area contributed by atoms with E-state index in [2.05, 4.69) is 27.2 Å². The number of aliphatic carboxylic acids is 1. The van der Waals surface area contributed by atoms with Crippen molar-refractivity contribution in [2.75, 3.05) is 13.1 Å². The van der Waals surface area contributed by atoms with Crippen molar-refractivity contribution in [1.29, 1.82) is 0 Å². The molecular formula is C37H44ClN7O8. The number of nitrogens with zero attached hydrogens (tertiary/aromatic N) is 3. The number of benzene rings is 2. The molecule has 1 aromatic heterocycles. The Morgan fingerprint density at radius 1 is 1.17 bits per heavy atom. The minimum Gasteiger partial charge on any atom is -0.507 e. The van der Waals surface area contributed by atoms with E-state index in [4.69, 9.17) is 23.1 Å². The summed E-state index contributed by atoms with van der Waals surface area (Å²) in [6, 6.07) is 7.94. The van der Waals surface area contributed by atoms with E-state index in [1.54, 1.807) is 32.2 Å². The van der Waals surface area contributed by atoms with Gasteiger partial charge in [-0.15, -0.1) is 11.6 Å². The number of guanidine groups is 1. The molecule has 1 fully saturated rings. The first-order chi connectivity index (χ1) is 24.9. The molecule has 5 atom stereocenters. The molecule has 1 aliphatic heterocycles. The van der Waals surface area contributed by atoms with Gasteiger partial charge >= 0.3 is 5.97 Å². The minimum absolute atomic E-state index is 0.0132. The second-order valence-corrected chi connectivity index (χ2v) is 13.7. The third-order valence-electron chi connectivity index (χ3n) is 9.17. The van der Waals surface area contributed by atoms with E-state index in [1.165, 1.54) is 32.0 Å². The van der Waals surface area contributed by atoms with Crippen LogP contribution in [-0.4, -0.2) is 102 Å². The van der Waals surface area contributed by atoms with Gasteiger partial charge in [0.15, 0.2) is 5.96 Å². The number of phenols is 1. The number of aromatic nitrogens is 1. The number of alkyl halides is 1. The van der Waals surface area contributed by atoms with Crippen molar-refractivity contribution in [3.05, 3.63) is 77.6 Å². The van der Waals surface area contributed by atoms with Crippen LogP contribution in [0.25, 0.3) is 27.6 Å². The smallest absolute Gasteiger partial charge is 0.352 e. The monoisotopic (exact) mass is 749 g/mol. The molecule has 0 saturated carbocycles. The van der Waals surface area contributed by atoms with Crippen LogP contribution in [0.2, 0.25) is 0 Å². The highest BCUT2D eigenvalue weighted by Crippen LogP contribution is 2.39. The van der Waals surface area contributed by atoms with Crippen molar-refractivity contribution >= 4 is 57.7 Å². The number of allylic oxidation sites excluding steroid dienone is 2. The third-order valence-corrected chi connectivity index (χ3v) is 9.72. The maximum atomic E-state index is 14.4. The van der Waals surface area contributed by atoms with Gasteiger partial charge in [0.25, 0.3) is 5.91 Å². The van der Waals surface area contributed by atoms with Crippen LogP contribution < -0.4 is 22.1 Å². The van der Waals surface area contributed by atoms with E-state index in [0.717, 1.165) is 4.90 Å². The second-order valence-electron chi connectivity index (χ2n) is 13.1. The number of para-hydroxylation sites is 1. The van der Waals surface area contributed by atoms with Crippen molar-refractivity contribution in [2.45, 2.75) is 69.7 Å². The van der Waals surface area contributed by atoms with Crippen LogP contribution in [0.15, 0.2) is 71.5 Å². The summed E-state index contributed by atoms with van der Waals surface area (Å²) < 4.78 is 0. The molecule has 10 N–H and O–H groups in total. The topological polar surface area (TPSA) is 254 Å². The number of carbonyl (C=O) groups excluding carboxylic acids is 3. The maximum absolute atomic E-state index is 14.4. The molecule has 0 unspecified atom stereocenters. The lowest BCUT2D eigenvalue weighted by Gasteiger charge is -2.34. The molecule has 53 heavy (non-hydrogen) atoms. The molecule has 1 aliphatic rings. The van der Waals surface area contributed by atoms with Gasteiger partial charge in [-0.25, -0.2) is 4.79 Å². The minimum atomic E-state index is -1.82. The highest BCUT2D eigenvalue weighted by Gasteiger charge is 2.52. The number of aliphatic imine (C=N–C) groups is 1. The number of carboxylic acid groups (broad SMARTS) is 1. The van der Waals surface area contributed by atoms with E-state index in [0.29, 0.717) is 39.6 Å². The molecule has 0 radical (unpaired) electrons. The molecule has 4 rings (SSSR count). The van der Waals surface area contributed by atoms with E-state index >= 15 is 0 Å². The molecule has 15 nitrogen and oxygen atoms in total. The SMILES string of the molecule is C=C(C)c1cnc2ccccc2c1-c1cc(C(=O)N[C@@H](C(=O)N2CC[C@@](C)(O)[C@H]2C(=O)N/C(C(=O)O)=C(\C)CC)[C@@H](Cl)[C@@H](O)CN=C(N)N)ccc1O. The molecule has 0 aliphatic carbocycles. The Labute approximate surface area is 311 Å². The van der Waals surface area contributed by atoms with Crippen molar-refractivity contribution in [2.24, 2.45) is 16.5 Å². The van der Waals surface area contributed by atoms with E-state index in [9.17, 15) is 39.6 Å². The van der Waals surface area contributed by atoms with Gasteiger partial charge in [-0.05, 0) is 69.0 Å². The average Bonchev–Trinajstić information content (AvgIpc) is 3.44. The number of pyridine rings is 1. The normalized spacial score (nSPS) is 19.1. The van der Waals surface area contributed by atoms with Crippen LogP contribution >= 0.6 is 11.6 Å². The molecule has 3 aromatic rings. The quantitative estimate of drug-likeness (QED) is 0.0544. The molecule has 2 aromatic carbocycles. The number of aliphatic hydroxyl groups is 2. The number of phenolic OH excluding ortho intramolecular Hbond substituents is 1. The fourth-order valence-corrected chi connectivity index (χ4v) is 6.41. The number of hydrogen-bond acceptors (Lipinski definition) is 9. The molecule has 3 amide bonds. The molecule has 16 heteroatoms. The van der Waals surface area contributed by atoms with Crippen molar-refractivity contribution in [3.63, 3.8) is 0 Å². The zero-order chi connectivity index (χ0) is 39.4. The van der Waals surface area contributed by atoms with Gasteiger partial charge in [-0.1, -0.05) is 31.7 Å². The predicted molar refractivity (Wildman–Crippen MR) is 201 cm³/mol. The number of nitrogens with two attached hydrogens (primary N) is 2. The number of nitrogens with one attached hydrogen (secondary N) is 2. The molecule has 0 bridgehead atoms. The Balaban J connectivity index is 1.77. The van der Waals surface area contributed by atoms with Crippen molar-refractivity contribution in [3.8, 4) is 16.9 Å². The highest BCUT2D eigenvalue weighted by atomic mass is 35.5. The summed E-state index contributed by atoms with van der Waals surface area (Å²) in [4.78, 5) is 63.2. The molecule has 282 valence electrons. The fraction of sp³-hybridized carbons (Fsp3) is 0.351. The Morgan fingerprint density at radius 3 is 2.47 bits per heavy atom. The molecular weight excluding hydrogens is 706 g/mol. The Hall–Kier alpha value is -5.51. The zero-order valence-electron chi connectivity index (χ0n) is 29.8. The van der Waals surface area contributed by atoms with Crippen LogP contribution in [0.5, 0.6) is 5.75 Å².